The highest BCUT2D eigenvalue weighted by Crippen LogP contribution is 2.16. The monoisotopic (exact) mass is 300 g/mol. The number of aromatic nitrogens is 3. The lowest BCUT2D eigenvalue weighted by Crippen LogP contribution is -2.30. The maximum atomic E-state index is 5.74. The first kappa shape index (κ1) is 17.3. The van der Waals surface area contributed by atoms with Crippen LogP contribution >= 0.6 is 0 Å². The van der Waals surface area contributed by atoms with E-state index in [9.17, 15) is 0 Å². The summed E-state index contributed by atoms with van der Waals surface area (Å²) >= 11 is 0. The summed E-state index contributed by atoms with van der Waals surface area (Å²) in [6.45, 7) is 9.55. The normalized spacial score (nSPS) is 10.7. The van der Waals surface area contributed by atoms with Crippen molar-refractivity contribution >= 4 is 17.8 Å². The minimum Gasteiger partial charge on any atom is -0.368 e. The molecule has 1 heterocycles. The van der Waals surface area contributed by atoms with E-state index in [1.54, 1.807) is 5.06 Å². The van der Waals surface area contributed by atoms with Gasteiger partial charge in [-0.1, -0.05) is 12.2 Å². The second-order valence-corrected chi connectivity index (χ2v) is 3.91. The highest BCUT2D eigenvalue weighted by Gasteiger charge is 2.17. The standard InChI is InChI=1S/C12H24N6O3/c1-5-9-17(19-6-2)11-14-10(13)15-12(16-11)18(20-7-3)21-8-4/h5-9H2,1-4H3,(H2,13,14,15,16). The predicted molar refractivity (Wildman–Crippen MR) is 79.2 cm³/mol. The van der Waals surface area contributed by atoms with E-state index < -0.39 is 0 Å². The van der Waals surface area contributed by atoms with E-state index in [1.165, 1.54) is 0 Å². The van der Waals surface area contributed by atoms with Crippen molar-refractivity contribution in [3.8, 4) is 0 Å². The fraction of sp³-hybridized carbons (Fsp3) is 0.750. The van der Waals surface area contributed by atoms with Crippen molar-refractivity contribution in [1.82, 2.24) is 15.0 Å². The van der Waals surface area contributed by atoms with Crippen LogP contribution in [0.25, 0.3) is 0 Å². The van der Waals surface area contributed by atoms with Gasteiger partial charge in [0.2, 0.25) is 5.95 Å². The molecule has 1 aromatic heterocycles. The van der Waals surface area contributed by atoms with Crippen molar-refractivity contribution in [2.45, 2.75) is 34.1 Å². The maximum absolute atomic E-state index is 5.74. The molecule has 0 radical (unpaired) electrons. The summed E-state index contributed by atoms with van der Waals surface area (Å²) in [6.07, 6.45) is 0.877. The van der Waals surface area contributed by atoms with Crippen molar-refractivity contribution in [1.29, 1.82) is 0 Å². The third kappa shape index (κ3) is 5.29. The quantitative estimate of drug-likeness (QED) is 0.641. The van der Waals surface area contributed by atoms with Crippen LogP contribution in [0.15, 0.2) is 0 Å². The van der Waals surface area contributed by atoms with Gasteiger partial charge in [0.15, 0.2) is 0 Å². The first-order valence-corrected chi connectivity index (χ1v) is 7.14. The molecule has 1 aromatic rings. The summed E-state index contributed by atoms with van der Waals surface area (Å²) in [5.41, 5.74) is 5.74. The van der Waals surface area contributed by atoms with Crippen LogP contribution in [-0.2, 0) is 14.5 Å². The first-order valence-electron chi connectivity index (χ1n) is 7.14. The molecule has 0 unspecified atom stereocenters. The van der Waals surface area contributed by atoms with Crippen molar-refractivity contribution in [2.75, 3.05) is 42.4 Å². The summed E-state index contributed by atoms with van der Waals surface area (Å²) in [5.74, 6) is 0.577. The molecule has 0 aliphatic carbocycles. The zero-order chi connectivity index (χ0) is 15.7. The third-order valence-electron chi connectivity index (χ3n) is 2.22. The van der Waals surface area contributed by atoms with Crippen LogP contribution in [0.5, 0.6) is 0 Å². The Bertz CT molecular complexity index is 374. The lowest BCUT2D eigenvalue weighted by Gasteiger charge is -2.23. The van der Waals surface area contributed by atoms with Crippen LogP contribution in [0.3, 0.4) is 0 Å². The topological polar surface area (TPSA) is 98.9 Å². The van der Waals surface area contributed by atoms with Gasteiger partial charge in [-0.15, -0.1) is 0 Å². The van der Waals surface area contributed by atoms with Crippen LogP contribution in [0, 0.1) is 0 Å². The van der Waals surface area contributed by atoms with Gasteiger partial charge in [0.25, 0.3) is 11.9 Å². The first-order chi connectivity index (χ1) is 10.2. The van der Waals surface area contributed by atoms with Gasteiger partial charge < -0.3 is 5.73 Å². The highest BCUT2D eigenvalue weighted by molar-refractivity contribution is 5.39. The van der Waals surface area contributed by atoms with E-state index in [-0.39, 0.29) is 11.9 Å². The number of hydrogen-bond donors (Lipinski definition) is 1. The SMILES string of the molecule is CCCN(OCC)c1nc(N)nc(N(OCC)OCC)n1. The zero-order valence-electron chi connectivity index (χ0n) is 13.1. The Morgan fingerprint density at radius 2 is 1.43 bits per heavy atom. The van der Waals surface area contributed by atoms with E-state index >= 15 is 0 Å². The number of nitrogens with zero attached hydrogens (tertiary/aromatic N) is 5. The van der Waals surface area contributed by atoms with Gasteiger partial charge in [0.1, 0.15) is 0 Å². The molecule has 0 saturated heterocycles. The minimum absolute atomic E-state index is 0.0696. The van der Waals surface area contributed by atoms with Crippen LogP contribution < -0.4 is 16.0 Å². The Morgan fingerprint density at radius 1 is 0.857 bits per heavy atom. The average molecular weight is 300 g/mol. The molecule has 0 aliphatic rings. The average Bonchev–Trinajstić information content (AvgIpc) is 2.46. The Morgan fingerprint density at radius 3 is 1.95 bits per heavy atom. The smallest absolute Gasteiger partial charge is 0.284 e. The molecule has 0 fully saturated rings. The van der Waals surface area contributed by atoms with Gasteiger partial charge in [-0.2, -0.15) is 15.0 Å². The van der Waals surface area contributed by atoms with Gasteiger partial charge in [-0.25, -0.2) is 14.7 Å². The molecule has 0 spiro atoms. The zero-order valence-corrected chi connectivity index (χ0v) is 13.1. The number of rotatable bonds is 10. The molecule has 120 valence electrons. The third-order valence-corrected chi connectivity index (χ3v) is 2.22. The molecule has 0 aromatic carbocycles. The molecule has 0 atom stereocenters. The van der Waals surface area contributed by atoms with Crippen LogP contribution in [0.2, 0.25) is 0 Å². The number of nitrogens with two attached hydrogens (primary N) is 1. The summed E-state index contributed by atoms with van der Waals surface area (Å²) in [6, 6.07) is 0. The molecular weight excluding hydrogens is 276 g/mol. The number of nitrogen functional groups attached to an aromatic ring is 1. The van der Waals surface area contributed by atoms with E-state index in [0.717, 1.165) is 11.6 Å². The molecule has 0 amide bonds. The molecule has 0 aliphatic heterocycles. The summed E-state index contributed by atoms with van der Waals surface area (Å²) in [5, 5.41) is 2.72. The van der Waals surface area contributed by atoms with Gasteiger partial charge >= 0.3 is 0 Å². The van der Waals surface area contributed by atoms with Crippen molar-refractivity contribution < 1.29 is 14.5 Å². The van der Waals surface area contributed by atoms with Crippen LogP contribution in [0.4, 0.5) is 17.8 Å². The second-order valence-electron chi connectivity index (χ2n) is 3.91. The van der Waals surface area contributed by atoms with E-state index in [4.69, 9.17) is 20.2 Å². The van der Waals surface area contributed by atoms with Crippen molar-refractivity contribution in [3.63, 3.8) is 0 Å². The van der Waals surface area contributed by atoms with Gasteiger partial charge in [-0.3, -0.25) is 4.84 Å². The van der Waals surface area contributed by atoms with Crippen LogP contribution in [0.1, 0.15) is 34.1 Å². The lowest BCUT2D eigenvalue weighted by atomic mass is 10.5. The predicted octanol–water partition coefficient (Wildman–Crippen LogP) is 1.33. The minimum atomic E-state index is 0.0696. The molecule has 0 bridgehead atoms. The van der Waals surface area contributed by atoms with Crippen molar-refractivity contribution in [2.24, 2.45) is 0 Å². The molecule has 0 saturated carbocycles. The van der Waals surface area contributed by atoms with Gasteiger partial charge in [-0.05, 0) is 27.2 Å². The van der Waals surface area contributed by atoms with Gasteiger partial charge in [0.05, 0.1) is 19.8 Å². The summed E-state index contributed by atoms with van der Waals surface area (Å²) in [7, 11) is 0. The molecule has 9 nitrogen and oxygen atoms in total. The van der Waals surface area contributed by atoms with Gasteiger partial charge in [0, 0.05) is 6.54 Å². The lowest BCUT2D eigenvalue weighted by molar-refractivity contribution is -0.0851. The summed E-state index contributed by atoms with van der Waals surface area (Å²) < 4.78 is 0. The fourth-order valence-corrected chi connectivity index (χ4v) is 1.53. The number of hydrogen-bond acceptors (Lipinski definition) is 9. The Kier molecular flexibility index (Phi) is 7.65. The molecular formula is C12H24N6O3. The molecule has 1 rings (SSSR count). The molecule has 2 N–H and O–H groups in total. The Hall–Kier alpha value is -1.71. The molecule has 9 heteroatoms. The highest BCUT2D eigenvalue weighted by atomic mass is 16.9. The second kappa shape index (κ2) is 9.27. The molecule has 21 heavy (non-hydrogen) atoms. The maximum Gasteiger partial charge on any atom is 0.284 e. The Labute approximate surface area is 124 Å². The number of hydroxylamine groups is 1. The van der Waals surface area contributed by atoms with E-state index in [2.05, 4.69) is 15.0 Å². The largest absolute Gasteiger partial charge is 0.368 e. The van der Waals surface area contributed by atoms with E-state index in [1.807, 2.05) is 27.7 Å². The van der Waals surface area contributed by atoms with Crippen molar-refractivity contribution in [3.05, 3.63) is 0 Å². The summed E-state index contributed by atoms with van der Waals surface area (Å²) in [4.78, 5) is 28.5. The van der Waals surface area contributed by atoms with Crippen LogP contribution in [-0.4, -0.2) is 41.3 Å². The Balaban J connectivity index is 3.05. The van der Waals surface area contributed by atoms with E-state index in [0.29, 0.717) is 32.3 Å². The fourth-order valence-electron chi connectivity index (χ4n) is 1.53. The number of anilines is 3.